The lowest BCUT2D eigenvalue weighted by Gasteiger charge is -2.18. The summed E-state index contributed by atoms with van der Waals surface area (Å²) >= 11 is 0. The second-order valence-electron chi connectivity index (χ2n) is 3.63. The fourth-order valence-corrected chi connectivity index (χ4v) is 1.50. The zero-order valence-corrected chi connectivity index (χ0v) is 8.90. The summed E-state index contributed by atoms with van der Waals surface area (Å²) in [4.78, 5) is 0. The summed E-state index contributed by atoms with van der Waals surface area (Å²) in [6, 6.07) is 10.7. The summed E-state index contributed by atoms with van der Waals surface area (Å²) in [6.07, 6.45) is 0.754. The molecule has 0 radical (unpaired) electrons. The molecule has 78 valence electrons. The Hall–Kier alpha value is -0.860. The van der Waals surface area contributed by atoms with E-state index < -0.39 is 0 Å². The van der Waals surface area contributed by atoms with Gasteiger partial charge in [-0.05, 0) is 18.9 Å². The number of rotatable bonds is 5. The summed E-state index contributed by atoms with van der Waals surface area (Å²) in [6.45, 7) is 4.59. The Balaban J connectivity index is 2.54. The van der Waals surface area contributed by atoms with E-state index in [9.17, 15) is 5.11 Å². The van der Waals surface area contributed by atoms with E-state index in [0.29, 0.717) is 12.6 Å². The van der Waals surface area contributed by atoms with E-state index in [0.717, 1.165) is 6.42 Å². The van der Waals surface area contributed by atoms with Crippen LogP contribution in [0.1, 0.15) is 31.9 Å². The van der Waals surface area contributed by atoms with Gasteiger partial charge in [0.1, 0.15) is 0 Å². The highest BCUT2D eigenvalue weighted by Gasteiger charge is 2.08. The SMILES string of the molecule is CCC(NC[C@H](C)O)c1ccccc1. The van der Waals surface area contributed by atoms with Crippen molar-refractivity contribution in [3.63, 3.8) is 0 Å². The molecule has 1 aromatic carbocycles. The molecule has 1 aromatic rings. The van der Waals surface area contributed by atoms with Crippen LogP contribution in [0.15, 0.2) is 30.3 Å². The number of nitrogens with one attached hydrogen (secondary N) is 1. The standard InChI is InChI=1S/C12H19NO/c1-3-12(13-9-10(2)14)11-7-5-4-6-8-11/h4-8,10,12-14H,3,9H2,1-2H3/t10-,12?/m0/s1. The molecule has 14 heavy (non-hydrogen) atoms. The number of aliphatic hydroxyl groups is 1. The Morgan fingerprint density at radius 3 is 2.43 bits per heavy atom. The number of hydrogen-bond donors (Lipinski definition) is 2. The van der Waals surface area contributed by atoms with Gasteiger partial charge in [0, 0.05) is 12.6 Å². The average Bonchev–Trinajstić information content (AvgIpc) is 2.20. The van der Waals surface area contributed by atoms with Crippen LogP contribution >= 0.6 is 0 Å². The van der Waals surface area contributed by atoms with Gasteiger partial charge in [-0.15, -0.1) is 0 Å². The minimum atomic E-state index is -0.284. The van der Waals surface area contributed by atoms with Crippen molar-refractivity contribution in [3.05, 3.63) is 35.9 Å². The zero-order chi connectivity index (χ0) is 10.4. The number of hydrogen-bond acceptors (Lipinski definition) is 2. The summed E-state index contributed by atoms with van der Waals surface area (Å²) in [7, 11) is 0. The van der Waals surface area contributed by atoms with E-state index >= 15 is 0 Å². The molecule has 0 bridgehead atoms. The average molecular weight is 193 g/mol. The number of benzene rings is 1. The Labute approximate surface area is 86.0 Å². The fourth-order valence-electron chi connectivity index (χ4n) is 1.50. The van der Waals surface area contributed by atoms with Gasteiger partial charge >= 0.3 is 0 Å². The second-order valence-corrected chi connectivity index (χ2v) is 3.63. The normalized spacial score (nSPS) is 15.1. The summed E-state index contributed by atoms with van der Waals surface area (Å²) < 4.78 is 0. The lowest BCUT2D eigenvalue weighted by molar-refractivity contribution is 0.185. The smallest absolute Gasteiger partial charge is 0.0636 e. The molecule has 0 aliphatic heterocycles. The van der Waals surface area contributed by atoms with Crippen molar-refractivity contribution in [2.75, 3.05) is 6.54 Å². The van der Waals surface area contributed by atoms with Gasteiger partial charge in [-0.3, -0.25) is 0 Å². The Kier molecular flexibility index (Phi) is 4.63. The second kappa shape index (κ2) is 5.78. The van der Waals surface area contributed by atoms with Crippen LogP contribution in [0, 0.1) is 0 Å². The van der Waals surface area contributed by atoms with Crippen LogP contribution in [0.4, 0.5) is 0 Å². The topological polar surface area (TPSA) is 32.3 Å². The highest BCUT2D eigenvalue weighted by atomic mass is 16.3. The fraction of sp³-hybridized carbons (Fsp3) is 0.500. The van der Waals surface area contributed by atoms with Crippen molar-refractivity contribution in [1.82, 2.24) is 5.32 Å². The van der Waals surface area contributed by atoms with Crippen molar-refractivity contribution < 1.29 is 5.11 Å². The first kappa shape index (κ1) is 11.2. The van der Waals surface area contributed by atoms with Crippen LogP contribution < -0.4 is 5.32 Å². The van der Waals surface area contributed by atoms with Crippen molar-refractivity contribution in [1.29, 1.82) is 0 Å². The van der Waals surface area contributed by atoms with Crippen molar-refractivity contribution in [2.45, 2.75) is 32.4 Å². The molecule has 0 saturated carbocycles. The van der Waals surface area contributed by atoms with E-state index in [-0.39, 0.29) is 6.10 Å². The number of aliphatic hydroxyl groups excluding tert-OH is 1. The lowest BCUT2D eigenvalue weighted by Crippen LogP contribution is -2.28. The Bertz CT molecular complexity index is 246. The third-order valence-electron chi connectivity index (χ3n) is 2.27. The molecule has 0 aliphatic carbocycles. The third kappa shape index (κ3) is 3.48. The molecular formula is C12H19NO. The maximum atomic E-state index is 9.18. The molecular weight excluding hydrogens is 174 g/mol. The summed E-state index contributed by atoms with van der Waals surface area (Å²) in [5.41, 5.74) is 1.29. The van der Waals surface area contributed by atoms with E-state index in [1.807, 2.05) is 18.2 Å². The van der Waals surface area contributed by atoms with Gasteiger partial charge in [0.05, 0.1) is 6.10 Å². The maximum absolute atomic E-state index is 9.18. The molecule has 1 rings (SSSR count). The molecule has 0 saturated heterocycles. The molecule has 2 N–H and O–H groups in total. The van der Waals surface area contributed by atoms with Gasteiger partial charge in [-0.1, -0.05) is 37.3 Å². The van der Waals surface area contributed by atoms with Crippen LogP contribution in [0.25, 0.3) is 0 Å². The lowest BCUT2D eigenvalue weighted by atomic mass is 10.0. The molecule has 0 heterocycles. The quantitative estimate of drug-likeness (QED) is 0.750. The van der Waals surface area contributed by atoms with Gasteiger partial charge in [0.15, 0.2) is 0 Å². The predicted octanol–water partition coefficient (Wildman–Crippen LogP) is 2.11. The highest BCUT2D eigenvalue weighted by Crippen LogP contribution is 2.15. The molecule has 0 aliphatic rings. The predicted molar refractivity (Wildman–Crippen MR) is 59.2 cm³/mol. The van der Waals surface area contributed by atoms with Crippen molar-refractivity contribution in [3.8, 4) is 0 Å². The molecule has 2 nitrogen and oxygen atoms in total. The summed E-state index contributed by atoms with van der Waals surface area (Å²) in [5.74, 6) is 0. The minimum absolute atomic E-state index is 0.284. The molecule has 2 atom stereocenters. The first-order valence-corrected chi connectivity index (χ1v) is 5.20. The van der Waals surface area contributed by atoms with Crippen molar-refractivity contribution >= 4 is 0 Å². The third-order valence-corrected chi connectivity index (χ3v) is 2.27. The van der Waals surface area contributed by atoms with Crippen molar-refractivity contribution in [2.24, 2.45) is 0 Å². The minimum Gasteiger partial charge on any atom is -0.392 e. The van der Waals surface area contributed by atoms with Crippen LogP contribution in [0.5, 0.6) is 0 Å². The van der Waals surface area contributed by atoms with Crippen LogP contribution in [-0.2, 0) is 0 Å². The van der Waals surface area contributed by atoms with Gasteiger partial charge < -0.3 is 10.4 Å². The van der Waals surface area contributed by atoms with E-state index in [1.165, 1.54) is 5.56 Å². The first-order valence-electron chi connectivity index (χ1n) is 5.20. The maximum Gasteiger partial charge on any atom is 0.0636 e. The first-order chi connectivity index (χ1) is 6.74. The van der Waals surface area contributed by atoms with E-state index in [2.05, 4.69) is 24.4 Å². The monoisotopic (exact) mass is 193 g/mol. The van der Waals surface area contributed by atoms with Crippen LogP contribution in [0.2, 0.25) is 0 Å². The molecule has 1 unspecified atom stereocenters. The Morgan fingerprint density at radius 2 is 1.93 bits per heavy atom. The molecule has 0 fully saturated rings. The van der Waals surface area contributed by atoms with Crippen LogP contribution in [-0.4, -0.2) is 17.8 Å². The van der Waals surface area contributed by atoms with Gasteiger partial charge in [0.2, 0.25) is 0 Å². The highest BCUT2D eigenvalue weighted by molar-refractivity contribution is 5.18. The van der Waals surface area contributed by atoms with Gasteiger partial charge in [0.25, 0.3) is 0 Å². The molecule has 2 heteroatoms. The van der Waals surface area contributed by atoms with Crippen LogP contribution in [0.3, 0.4) is 0 Å². The zero-order valence-electron chi connectivity index (χ0n) is 8.90. The largest absolute Gasteiger partial charge is 0.392 e. The molecule has 0 aromatic heterocycles. The van der Waals surface area contributed by atoms with Gasteiger partial charge in [-0.2, -0.15) is 0 Å². The van der Waals surface area contributed by atoms with E-state index in [4.69, 9.17) is 0 Å². The van der Waals surface area contributed by atoms with Gasteiger partial charge in [-0.25, -0.2) is 0 Å². The molecule has 0 spiro atoms. The molecule has 0 amide bonds. The summed E-state index contributed by atoms with van der Waals surface area (Å²) in [5, 5.41) is 12.5. The Morgan fingerprint density at radius 1 is 1.29 bits per heavy atom. The van der Waals surface area contributed by atoms with E-state index in [1.54, 1.807) is 6.92 Å².